The third-order valence-electron chi connectivity index (χ3n) is 4.97. The molecule has 7 nitrogen and oxygen atoms in total. The van der Waals surface area contributed by atoms with Crippen LogP contribution in [-0.2, 0) is 15.9 Å². The number of ether oxygens (including phenoxy) is 2. The molecular formula is C21H34IN5O2. The minimum absolute atomic E-state index is 0. The molecule has 1 aromatic carbocycles. The van der Waals surface area contributed by atoms with E-state index < -0.39 is 0 Å². The van der Waals surface area contributed by atoms with Crippen LogP contribution in [0.2, 0.25) is 0 Å². The smallest absolute Gasteiger partial charge is 0.193 e. The predicted octanol–water partition coefficient (Wildman–Crippen LogP) is 3.21. The molecule has 1 saturated heterocycles. The molecule has 0 atom stereocenters. The quantitative estimate of drug-likeness (QED) is 0.232. The van der Waals surface area contributed by atoms with Crippen molar-refractivity contribution in [2.45, 2.75) is 38.7 Å². The predicted molar refractivity (Wildman–Crippen MR) is 128 cm³/mol. The lowest BCUT2D eigenvalue weighted by atomic mass is 10.1. The summed E-state index contributed by atoms with van der Waals surface area (Å²) >= 11 is 0. The zero-order valence-electron chi connectivity index (χ0n) is 17.5. The van der Waals surface area contributed by atoms with Crippen molar-refractivity contribution in [1.29, 1.82) is 0 Å². The molecule has 8 heteroatoms. The summed E-state index contributed by atoms with van der Waals surface area (Å²) in [5.41, 5.74) is 2.10. The molecule has 0 bridgehead atoms. The number of benzene rings is 1. The summed E-state index contributed by atoms with van der Waals surface area (Å²) in [7, 11) is 1.73. The van der Waals surface area contributed by atoms with Gasteiger partial charge in [0.05, 0.1) is 17.1 Å². The van der Waals surface area contributed by atoms with Crippen molar-refractivity contribution in [3.63, 3.8) is 0 Å². The van der Waals surface area contributed by atoms with Crippen LogP contribution >= 0.6 is 24.0 Å². The molecule has 1 fully saturated rings. The molecule has 0 saturated carbocycles. The molecule has 162 valence electrons. The van der Waals surface area contributed by atoms with Gasteiger partial charge < -0.3 is 24.7 Å². The van der Waals surface area contributed by atoms with Crippen LogP contribution in [0, 0.1) is 0 Å². The van der Waals surface area contributed by atoms with Crippen molar-refractivity contribution >= 4 is 41.0 Å². The molecule has 2 heterocycles. The van der Waals surface area contributed by atoms with E-state index >= 15 is 0 Å². The van der Waals surface area contributed by atoms with Crippen molar-refractivity contribution in [3.8, 4) is 0 Å². The third kappa shape index (κ3) is 7.42. The molecule has 0 unspecified atom stereocenters. The SMILES string of the molecule is CCNC(=NCCc1nc2ccccc2[nH]1)N1CCC(OCCCOC)CC1.I. The van der Waals surface area contributed by atoms with Gasteiger partial charge >= 0.3 is 0 Å². The number of nitrogens with zero attached hydrogens (tertiary/aromatic N) is 3. The minimum Gasteiger partial charge on any atom is -0.385 e. The fourth-order valence-corrected chi connectivity index (χ4v) is 3.51. The maximum Gasteiger partial charge on any atom is 0.193 e. The molecule has 0 aliphatic carbocycles. The van der Waals surface area contributed by atoms with Crippen LogP contribution in [0.25, 0.3) is 11.0 Å². The number of aliphatic imine (C=N–C) groups is 1. The van der Waals surface area contributed by atoms with Gasteiger partial charge in [-0.2, -0.15) is 0 Å². The van der Waals surface area contributed by atoms with E-state index in [0.717, 1.165) is 87.9 Å². The number of guanidine groups is 1. The molecule has 1 aliphatic rings. The molecule has 2 aromatic rings. The number of methoxy groups -OCH3 is 1. The number of hydrogen-bond acceptors (Lipinski definition) is 4. The Balaban J connectivity index is 0.00000300. The van der Waals surface area contributed by atoms with Crippen molar-refractivity contribution in [2.75, 3.05) is 46.5 Å². The lowest BCUT2D eigenvalue weighted by Gasteiger charge is -2.34. The number of para-hydroxylation sites is 2. The molecule has 0 spiro atoms. The van der Waals surface area contributed by atoms with Gasteiger partial charge in [-0.3, -0.25) is 4.99 Å². The van der Waals surface area contributed by atoms with Crippen molar-refractivity contribution in [1.82, 2.24) is 20.2 Å². The van der Waals surface area contributed by atoms with E-state index in [1.54, 1.807) is 7.11 Å². The molecule has 1 aliphatic heterocycles. The molecule has 3 rings (SSSR count). The van der Waals surface area contributed by atoms with E-state index in [-0.39, 0.29) is 24.0 Å². The number of likely N-dealkylation sites (tertiary alicyclic amines) is 1. The van der Waals surface area contributed by atoms with Gasteiger partial charge in [-0.25, -0.2) is 4.98 Å². The maximum absolute atomic E-state index is 5.96. The lowest BCUT2D eigenvalue weighted by molar-refractivity contribution is 0.00991. The van der Waals surface area contributed by atoms with E-state index in [2.05, 4.69) is 33.2 Å². The first-order valence-electron chi connectivity index (χ1n) is 10.4. The highest BCUT2D eigenvalue weighted by molar-refractivity contribution is 14.0. The fourth-order valence-electron chi connectivity index (χ4n) is 3.51. The summed E-state index contributed by atoms with van der Waals surface area (Å²) < 4.78 is 11.0. The number of H-pyrrole nitrogens is 1. The second-order valence-electron chi connectivity index (χ2n) is 7.09. The number of fused-ring (bicyclic) bond motifs is 1. The minimum atomic E-state index is 0. The van der Waals surface area contributed by atoms with Gasteiger partial charge in [0.25, 0.3) is 0 Å². The van der Waals surface area contributed by atoms with Crippen LogP contribution in [0.5, 0.6) is 0 Å². The Bertz CT molecular complexity index is 711. The molecular weight excluding hydrogens is 481 g/mol. The lowest BCUT2D eigenvalue weighted by Crippen LogP contribution is -2.47. The highest BCUT2D eigenvalue weighted by atomic mass is 127. The summed E-state index contributed by atoms with van der Waals surface area (Å²) in [6.45, 7) is 7.20. The Kier molecular flexibility index (Phi) is 10.7. The standard InChI is InChI=1S/C21H33N5O2.HI/c1-3-22-21(26-13-10-17(11-14-26)28-16-6-15-27-2)23-12-9-20-24-18-7-4-5-8-19(18)25-20;/h4-5,7-8,17H,3,6,9-16H2,1-2H3,(H,22,23)(H,24,25);1H. The first kappa shape index (κ1) is 23.9. The third-order valence-corrected chi connectivity index (χ3v) is 4.97. The van der Waals surface area contributed by atoms with E-state index in [1.807, 2.05) is 18.2 Å². The monoisotopic (exact) mass is 515 g/mol. The highest BCUT2D eigenvalue weighted by Gasteiger charge is 2.21. The van der Waals surface area contributed by atoms with Gasteiger partial charge in [-0.1, -0.05) is 12.1 Å². The molecule has 2 N–H and O–H groups in total. The highest BCUT2D eigenvalue weighted by Crippen LogP contribution is 2.15. The summed E-state index contributed by atoms with van der Waals surface area (Å²) in [6, 6.07) is 8.13. The van der Waals surface area contributed by atoms with Crippen molar-refractivity contribution in [2.24, 2.45) is 4.99 Å². The van der Waals surface area contributed by atoms with Crippen molar-refractivity contribution in [3.05, 3.63) is 30.1 Å². The van der Waals surface area contributed by atoms with E-state index in [1.165, 1.54) is 0 Å². The first-order chi connectivity index (χ1) is 13.8. The number of rotatable bonds is 9. The number of aromatic amines is 1. The first-order valence-corrected chi connectivity index (χ1v) is 10.4. The van der Waals surface area contributed by atoms with Crippen LogP contribution in [0.1, 0.15) is 32.0 Å². The Morgan fingerprint density at radius 2 is 2.07 bits per heavy atom. The average Bonchev–Trinajstić information content (AvgIpc) is 3.14. The second kappa shape index (κ2) is 13.0. The maximum atomic E-state index is 5.96. The van der Waals surface area contributed by atoms with Crippen LogP contribution < -0.4 is 5.32 Å². The fraction of sp³-hybridized carbons (Fsp3) is 0.619. The van der Waals surface area contributed by atoms with Crippen LogP contribution in [-0.4, -0.2) is 73.4 Å². The van der Waals surface area contributed by atoms with E-state index in [0.29, 0.717) is 6.10 Å². The summed E-state index contributed by atoms with van der Waals surface area (Å²) in [6.07, 6.45) is 4.21. The van der Waals surface area contributed by atoms with Gasteiger partial charge in [-0.05, 0) is 38.3 Å². The number of aromatic nitrogens is 2. The summed E-state index contributed by atoms with van der Waals surface area (Å²) in [5, 5.41) is 3.43. The van der Waals surface area contributed by atoms with E-state index in [9.17, 15) is 0 Å². The average molecular weight is 515 g/mol. The molecule has 1 aromatic heterocycles. The topological polar surface area (TPSA) is 74.8 Å². The van der Waals surface area contributed by atoms with Gasteiger partial charge in [0.15, 0.2) is 5.96 Å². The Morgan fingerprint density at radius 3 is 2.79 bits per heavy atom. The molecule has 0 radical (unpaired) electrons. The number of piperidine rings is 1. The Hall–Kier alpha value is -1.39. The zero-order chi connectivity index (χ0) is 19.6. The Labute approximate surface area is 190 Å². The Morgan fingerprint density at radius 1 is 1.28 bits per heavy atom. The van der Waals surface area contributed by atoms with Gasteiger partial charge in [0.1, 0.15) is 5.82 Å². The van der Waals surface area contributed by atoms with Crippen molar-refractivity contribution < 1.29 is 9.47 Å². The summed E-state index contributed by atoms with van der Waals surface area (Å²) in [5.74, 6) is 1.99. The molecule has 0 amide bonds. The molecule has 29 heavy (non-hydrogen) atoms. The second-order valence-corrected chi connectivity index (χ2v) is 7.09. The number of nitrogens with one attached hydrogen (secondary N) is 2. The normalized spacial score (nSPS) is 15.5. The van der Waals surface area contributed by atoms with E-state index in [4.69, 9.17) is 14.5 Å². The van der Waals surface area contributed by atoms with Crippen LogP contribution in [0.4, 0.5) is 0 Å². The zero-order valence-corrected chi connectivity index (χ0v) is 19.9. The largest absolute Gasteiger partial charge is 0.385 e. The van der Waals surface area contributed by atoms with Gasteiger partial charge in [0.2, 0.25) is 0 Å². The number of imidazole rings is 1. The van der Waals surface area contributed by atoms with Crippen LogP contribution in [0.15, 0.2) is 29.3 Å². The number of halogens is 1. The van der Waals surface area contributed by atoms with Gasteiger partial charge in [-0.15, -0.1) is 24.0 Å². The van der Waals surface area contributed by atoms with Crippen LogP contribution in [0.3, 0.4) is 0 Å². The number of hydrogen-bond donors (Lipinski definition) is 2. The van der Waals surface area contributed by atoms with Gasteiger partial charge in [0, 0.05) is 52.9 Å². The summed E-state index contributed by atoms with van der Waals surface area (Å²) in [4.78, 5) is 15.2.